The first-order chi connectivity index (χ1) is 13.3. The fourth-order valence-corrected chi connectivity index (χ4v) is 4.49. The predicted octanol–water partition coefficient (Wildman–Crippen LogP) is 5.87. The summed E-state index contributed by atoms with van der Waals surface area (Å²) in [6.07, 6.45) is 0. The minimum atomic E-state index is -0.542. The zero-order valence-electron chi connectivity index (χ0n) is 14.9. The second-order valence-corrected chi connectivity index (χ2v) is 8.12. The molecule has 0 bridgehead atoms. The lowest BCUT2D eigenvalue weighted by atomic mass is 10.1. The van der Waals surface area contributed by atoms with Crippen molar-refractivity contribution in [3.05, 3.63) is 77.9 Å². The molecule has 0 spiro atoms. The number of fused-ring (bicyclic) bond motifs is 1. The molecule has 0 aliphatic rings. The van der Waals surface area contributed by atoms with E-state index in [-0.39, 0.29) is 16.8 Å². The molecule has 0 atom stereocenters. The minimum Gasteiger partial charge on any atom is -0.421 e. The van der Waals surface area contributed by atoms with Gasteiger partial charge in [-0.25, -0.2) is 9.78 Å². The molecule has 0 unspecified atom stereocenters. The third kappa shape index (κ3) is 3.25. The van der Waals surface area contributed by atoms with Crippen molar-refractivity contribution >= 4 is 43.9 Å². The molecule has 28 heavy (non-hydrogen) atoms. The van der Waals surface area contributed by atoms with Crippen LogP contribution in [0.25, 0.3) is 32.8 Å². The maximum atomic E-state index is 12.5. The van der Waals surface area contributed by atoms with Gasteiger partial charge in [0.25, 0.3) is 5.69 Å². The molecule has 0 amide bonds. The second-order valence-electron chi connectivity index (χ2n) is 6.41. The van der Waals surface area contributed by atoms with E-state index in [2.05, 4.69) is 27.0 Å². The Morgan fingerprint density at radius 3 is 2.64 bits per heavy atom. The van der Waals surface area contributed by atoms with E-state index in [9.17, 15) is 14.9 Å². The molecule has 140 valence electrons. The van der Waals surface area contributed by atoms with Crippen LogP contribution >= 0.6 is 27.3 Å². The summed E-state index contributed by atoms with van der Waals surface area (Å²) in [5.74, 6) is 0. The van der Waals surface area contributed by atoms with E-state index >= 15 is 0 Å². The highest BCUT2D eigenvalue weighted by Crippen LogP contribution is 2.33. The largest absolute Gasteiger partial charge is 0.421 e. The summed E-state index contributed by atoms with van der Waals surface area (Å²) in [4.78, 5) is 27.7. The van der Waals surface area contributed by atoms with Crippen LogP contribution in [0.1, 0.15) is 11.1 Å². The first-order valence-electron chi connectivity index (χ1n) is 8.29. The van der Waals surface area contributed by atoms with E-state index in [1.807, 2.05) is 26.0 Å². The number of aromatic nitrogens is 1. The van der Waals surface area contributed by atoms with E-state index < -0.39 is 10.5 Å². The maximum Gasteiger partial charge on any atom is 0.345 e. The van der Waals surface area contributed by atoms with Crippen LogP contribution in [0.2, 0.25) is 0 Å². The first kappa shape index (κ1) is 18.5. The number of non-ortho nitro benzene ring substituents is 1. The van der Waals surface area contributed by atoms with Gasteiger partial charge >= 0.3 is 5.63 Å². The van der Waals surface area contributed by atoms with Crippen molar-refractivity contribution in [1.82, 2.24) is 4.98 Å². The van der Waals surface area contributed by atoms with Crippen LogP contribution in [-0.2, 0) is 0 Å². The van der Waals surface area contributed by atoms with Gasteiger partial charge in [-0.05, 0) is 41.4 Å². The average molecular weight is 457 g/mol. The summed E-state index contributed by atoms with van der Waals surface area (Å²) in [6, 6.07) is 10.4. The molecule has 0 saturated heterocycles. The van der Waals surface area contributed by atoms with E-state index in [1.54, 1.807) is 11.4 Å². The van der Waals surface area contributed by atoms with Gasteiger partial charge in [-0.15, -0.1) is 11.3 Å². The fourth-order valence-electron chi connectivity index (χ4n) is 3.04. The Bertz CT molecular complexity index is 1310. The minimum absolute atomic E-state index is 0.0894. The van der Waals surface area contributed by atoms with Crippen LogP contribution in [0, 0.1) is 24.0 Å². The lowest BCUT2D eigenvalue weighted by Gasteiger charge is -2.04. The van der Waals surface area contributed by atoms with Crippen molar-refractivity contribution in [2.75, 3.05) is 0 Å². The zero-order chi connectivity index (χ0) is 20.0. The molecule has 0 saturated carbocycles. The van der Waals surface area contributed by atoms with Crippen molar-refractivity contribution in [3.8, 4) is 21.8 Å². The summed E-state index contributed by atoms with van der Waals surface area (Å²) < 4.78 is 5.76. The highest BCUT2D eigenvalue weighted by Gasteiger charge is 2.17. The number of aryl methyl sites for hydroxylation is 2. The maximum absolute atomic E-state index is 12.5. The van der Waals surface area contributed by atoms with Crippen LogP contribution in [-0.4, -0.2) is 9.91 Å². The molecule has 4 aromatic rings. The average Bonchev–Trinajstić information content (AvgIpc) is 3.11. The predicted molar refractivity (Wildman–Crippen MR) is 113 cm³/mol. The summed E-state index contributed by atoms with van der Waals surface area (Å²) in [5.41, 5.74) is 3.67. The first-order valence-corrected chi connectivity index (χ1v) is 9.96. The molecule has 0 aliphatic carbocycles. The second kappa shape index (κ2) is 6.96. The van der Waals surface area contributed by atoms with Crippen LogP contribution in [0.4, 0.5) is 5.69 Å². The third-order valence-electron chi connectivity index (χ3n) is 4.37. The summed E-state index contributed by atoms with van der Waals surface area (Å²) in [7, 11) is 0. The van der Waals surface area contributed by atoms with Gasteiger partial charge in [0.2, 0.25) is 0 Å². The molecular formula is C20H13BrN2O4S. The van der Waals surface area contributed by atoms with Gasteiger partial charge in [-0.1, -0.05) is 23.8 Å². The van der Waals surface area contributed by atoms with Crippen molar-refractivity contribution in [2.24, 2.45) is 0 Å². The lowest BCUT2D eigenvalue weighted by molar-refractivity contribution is -0.384. The van der Waals surface area contributed by atoms with Gasteiger partial charge in [-0.3, -0.25) is 10.1 Å². The number of rotatable bonds is 3. The molecule has 8 heteroatoms. The zero-order valence-corrected chi connectivity index (χ0v) is 17.3. The van der Waals surface area contributed by atoms with E-state index in [4.69, 9.17) is 4.42 Å². The van der Waals surface area contributed by atoms with Crippen molar-refractivity contribution in [2.45, 2.75) is 13.8 Å². The lowest BCUT2D eigenvalue weighted by Crippen LogP contribution is -2.03. The molecule has 0 fully saturated rings. The molecule has 0 aliphatic heterocycles. The monoisotopic (exact) mass is 456 g/mol. The third-order valence-corrected chi connectivity index (χ3v) is 5.84. The molecule has 4 rings (SSSR count). The Kier molecular flexibility index (Phi) is 4.60. The smallest absolute Gasteiger partial charge is 0.345 e. The van der Waals surface area contributed by atoms with E-state index in [0.717, 1.165) is 16.1 Å². The quantitative estimate of drug-likeness (QED) is 0.218. The van der Waals surface area contributed by atoms with Gasteiger partial charge in [-0.2, -0.15) is 0 Å². The number of hydrogen-bond donors (Lipinski definition) is 0. The number of nitrogens with zero attached hydrogens (tertiary/aromatic N) is 2. The number of thiazole rings is 1. The highest BCUT2D eigenvalue weighted by molar-refractivity contribution is 9.10. The van der Waals surface area contributed by atoms with Crippen LogP contribution < -0.4 is 5.63 Å². The molecule has 0 radical (unpaired) electrons. The molecule has 6 nitrogen and oxygen atoms in total. The Labute approximate surface area is 171 Å². The molecule has 2 heterocycles. The summed E-state index contributed by atoms with van der Waals surface area (Å²) in [5, 5.41) is 14.2. The normalized spacial score (nSPS) is 11.1. The van der Waals surface area contributed by atoms with E-state index in [1.165, 1.54) is 29.0 Å². The molecule has 0 N–H and O–H groups in total. The number of nitro groups is 1. The van der Waals surface area contributed by atoms with Gasteiger partial charge in [0.05, 0.1) is 20.7 Å². The number of nitro benzene ring substituents is 1. The van der Waals surface area contributed by atoms with Crippen LogP contribution in [0.3, 0.4) is 0 Å². The van der Waals surface area contributed by atoms with Crippen LogP contribution in [0.15, 0.2) is 55.5 Å². The Hall–Kier alpha value is -2.84. The van der Waals surface area contributed by atoms with E-state index in [0.29, 0.717) is 15.6 Å². The van der Waals surface area contributed by atoms with Crippen molar-refractivity contribution in [3.63, 3.8) is 0 Å². The Balaban J connectivity index is 1.85. The summed E-state index contributed by atoms with van der Waals surface area (Å²) in [6.45, 7) is 4.05. The van der Waals surface area contributed by atoms with Gasteiger partial charge in [0.1, 0.15) is 5.01 Å². The Morgan fingerprint density at radius 2 is 1.93 bits per heavy atom. The fraction of sp³-hybridized carbons (Fsp3) is 0.100. The number of benzene rings is 2. The Morgan fingerprint density at radius 1 is 1.14 bits per heavy atom. The number of halogens is 1. The standard InChI is InChI=1S/C20H13BrN2O4S/c1-10-3-4-14(11(2)5-10)19-22-17(9-28-19)15-7-12-6-13(23(25)26)8-16(21)18(12)27-20(15)24/h3-9H,1-2H3. The molecular weight excluding hydrogens is 444 g/mol. The summed E-state index contributed by atoms with van der Waals surface area (Å²) >= 11 is 4.66. The van der Waals surface area contributed by atoms with Gasteiger partial charge in [0, 0.05) is 28.5 Å². The highest BCUT2D eigenvalue weighted by atomic mass is 79.9. The molecule has 2 aromatic carbocycles. The SMILES string of the molecule is Cc1ccc(-c2nc(-c3cc4cc([N+](=O)[O-])cc(Br)c4oc3=O)cs2)c(C)c1. The van der Waals surface area contributed by atoms with Gasteiger partial charge in [0.15, 0.2) is 5.58 Å². The van der Waals surface area contributed by atoms with Gasteiger partial charge < -0.3 is 4.42 Å². The van der Waals surface area contributed by atoms with Crippen molar-refractivity contribution < 1.29 is 9.34 Å². The topological polar surface area (TPSA) is 86.2 Å². The molecule has 2 aromatic heterocycles. The van der Waals surface area contributed by atoms with Crippen molar-refractivity contribution in [1.29, 1.82) is 0 Å². The number of hydrogen-bond acceptors (Lipinski definition) is 6. The van der Waals surface area contributed by atoms with Crippen LogP contribution in [0.5, 0.6) is 0 Å².